The number of para-hydroxylation sites is 1. The molecule has 0 N–H and O–H groups in total. The zero-order valence-electron chi connectivity index (χ0n) is 13.8. The van der Waals surface area contributed by atoms with Crippen LogP contribution < -0.4 is 9.80 Å². The predicted molar refractivity (Wildman–Crippen MR) is 88.6 cm³/mol. The first kappa shape index (κ1) is 15.3. The summed E-state index contributed by atoms with van der Waals surface area (Å²) in [6, 6.07) is 10.6. The Morgan fingerprint density at radius 1 is 1.04 bits per heavy atom. The van der Waals surface area contributed by atoms with Crippen LogP contribution in [-0.2, 0) is 5.41 Å². The Kier molecular flexibility index (Phi) is 3.95. The van der Waals surface area contributed by atoms with Gasteiger partial charge in [-0.2, -0.15) is 5.26 Å². The third kappa shape index (κ3) is 3.14. The van der Waals surface area contributed by atoms with Crippen LogP contribution in [0.1, 0.15) is 32.2 Å². The fourth-order valence-corrected chi connectivity index (χ4v) is 2.63. The molecule has 0 amide bonds. The lowest BCUT2D eigenvalue weighted by molar-refractivity contribution is 0.389. The second kappa shape index (κ2) is 5.92. The number of rotatable bonds is 2. The molecule has 120 valence electrons. The third-order valence-electron chi connectivity index (χ3n) is 3.97. The molecule has 0 radical (unpaired) electrons. The van der Waals surface area contributed by atoms with E-state index in [9.17, 15) is 5.26 Å². The van der Waals surface area contributed by atoms with E-state index >= 15 is 0 Å². The summed E-state index contributed by atoms with van der Waals surface area (Å²) in [5.74, 6) is 0.657. The molecule has 6 nitrogen and oxygen atoms in total. The molecular weight excluding hydrogens is 290 g/mol. The summed E-state index contributed by atoms with van der Waals surface area (Å²) in [6.45, 7) is 9.41. The molecule has 2 heterocycles. The average Bonchev–Trinajstić information content (AvgIpc) is 3.05. The number of anilines is 2. The van der Waals surface area contributed by atoms with E-state index in [0.717, 1.165) is 31.9 Å². The van der Waals surface area contributed by atoms with Crippen molar-refractivity contribution < 1.29 is 4.42 Å². The quantitative estimate of drug-likeness (QED) is 0.849. The lowest BCUT2D eigenvalue weighted by Crippen LogP contribution is -2.47. The second-order valence-corrected chi connectivity index (χ2v) is 6.74. The van der Waals surface area contributed by atoms with Crippen LogP contribution in [0.3, 0.4) is 0 Å². The molecule has 2 aromatic rings. The minimum Gasteiger partial charge on any atom is -0.407 e. The van der Waals surface area contributed by atoms with Gasteiger partial charge in [0.05, 0.1) is 11.3 Å². The lowest BCUT2D eigenvalue weighted by atomic mass is 9.97. The van der Waals surface area contributed by atoms with Gasteiger partial charge in [-0.3, -0.25) is 0 Å². The van der Waals surface area contributed by atoms with E-state index in [2.05, 4.69) is 46.8 Å². The topological polar surface area (TPSA) is 69.2 Å². The molecule has 0 saturated carbocycles. The SMILES string of the molecule is CC(C)(C)c1nnc(N2CCN(c3ccccc3C#N)CC2)o1. The first-order valence-electron chi connectivity index (χ1n) is 7.82. The van der Waals surface area contributed by atoms with Crippen LogP contribution in [0.4, 0.5) is 11.7 Å². The van der Waals surface area contributed by atoms with Gasteiger partial charge in [-0.05, 0) is 12.1 Å². The number of nitriles is 1. The smallest absolute Gasteiger partial charge is 0.318 e. The Bertz CT molecular complexity index is 717. The van der Waals surface area contributed by atoms with E-state index in [1.807, 2.05) is 24.3 Å². The van der Waals surface area contributed by atoms with Crippen molar-refractivity contribution in [1.82, 2.24) is 10.2 Å². The van der Waals surface area contributed by atoms with Crippen LogP contribution in [0, 0.1) is 11.3 Å². The van der Waals surface area contributed by atoms with Crippen LogP contribution in [0.25, 0.3) is 0 Å². The molecule has 1 aromatic heterocycles. The maximum atomic E-state index is 9.24. The second-order valence-electron chi connectivity index (χ2n) is 6.74. The molecule has 1 fully saturated rings. The summed E-state index contributed by atoms with van der Waals surface area (Å²) >= 11 is 0. The van der Waals surface area contributed by atoms with Crippen molar-refractivity contribution in [2.75, 3.05) is 36.0 Å². The van der Waals surface area contributed by atoms with Gasteiger partial charge in [-0.25, -0.2) is 0 Å². The molecule has 1 saturated heterocycles. The number of hydrogen-bond donors (Lipinski definition) is 0. The average molecular weight is 311 g/mol. The molecule has 3 rings (SSSR count). The number of aromatic nitrogens is 2. The summed E-state index contributed by atoms with van der Waals surface area (Å²) in [4.78, 5) is 4.34. The number of benzene rings is 1. The minimum atomic E-state index is -0.140. The van der Waals surface area contributed by atoms with E-state index in [-0.39, 0.29) is 5.41 Å². The summed E-state index contributed by atoms with van der Waals surface area (Å²) in [7, 11) is 0. The zero-order chi connectivity index (χ0) is 16.4. The van der Waals surface area contributed by atoms with Gasteiger partial charge in [0, 0.05) is 31.6 Å². The summed E-state index contributed by atoms with van der Waals surface area (Å²) < 4.78 is 5.81. The molecule has 0 unspecified atom stereocenters. The highest BCUT2D eigenvalue weighted by Crippen LogP contribution is 2.26. The van der Waals surface area contributed by atoms with Gasteiger partial charge in [0.2, 0.25) is 5.89 Å². The Balaban J connectivity index is 1.69. The van der Waals surface area contributed by atoms with E-state index in [1.165, 1.54) is 0 Å². The van der Waals surface area contributed by atoms with Crippen molar-refractivity contribution in [3.8, 4) is 6.07 Å². The molecular formula is C17H21N5O. The monoisotopic (exact) mass is 311 g/mol. The van der Waals surface area contributed by atoms with Crippen LogP contribution in [0.2, 0.25) is 0 Å². The van der Waals surface area contributed by atoms with Gasteiger partial charge in [-0.1, -0.05) is 38.0 Å². The molecule has 6 heteroatoms. The molecule has 1 aliphatic heterocycles. The lowest BCUT2D eigenvalue weighted by Gasteiger charge is -2.35. The van der Waals surface area contributed by atoms with E-state index in [0.29, 0.717) is 17.5 Å². The Morgan fingerprint density at radius 2 is 1.70 bits per heavy atom. The third-order valence-corrected chi connectivity index (χ3v) is 3.97. The van der Waals surface area contributed by atoms with Crippen LogP contribution in [0.15, 0.2) is 28.7 Å². The van der Waals surface area contributed by atoms with Crippen molar-refractivity contribution in [2.45, 2.75) is 26.2 Å². The Hall–Kier alpha value is -2.55. The van der Waals surface area contributed by atoms with Crippen LogP contribution >= 0.6 is 0 Å². The number of nitrogens with zero attached hydrogens (tertiary/aromatic N) is 5. The standard InChI is InChI=1S/C17H21N5O/c1-17(2,3)15-19-20-16(23-15)22-10-8-21(9-11-22)14-7-5-4-6-13(14)12-18/h4-7H,8-11H2,1-3H3. The van der Waals surface area contributed by atoms with Crippen molar-refractivity contribution in [1.29, 1.82) is 5.26 Å². The highest BCUT2D eigenvalue weighted by molar-refractivity contribution is 5.59. The zero-order valence-corrected chi connectivity index (χ0v) is 13.8. The van der Waals surface area contributed by atoms with Crippen molar-refractivity contribution >= 4 is 11.7 Å². The maximum Gasteiger partial charge on any atom is 0.318 e. The molecule has 0 atom stereocenters. The fraction of sp³-hybridized carbons (Fsp3) is 0.471. The van der Waals surface area contributed by atoms with Gasteiger partial charge in [0.1, 0.15) is 6.07 Å². The van der Waals surface area contributed by atoms with Gasteiger partial charge >= 0.3 is 6.01 Å². The van der Waals surface area contributed by atoms with E-state index in [4.69, 9.17) is 4.42 Å². The highest BCUT2D eigenvalue weighted by Gasteiger charge is 2.26. The summed E-state index contributed by atoms with van der Waals surface area (Å²) in [5.41, 5.74) is 1.57. The molecule has 0 bridgehead atoms. The van der Waals surface area contributed by atoms with Crippen molar-refractivity contribution in [2.24, 2.45) is 0 Å². The first-order chi connectivity index (χ1) is 11.0. The summed E-state index contributed by atoms with van der Waals surface area (Å²) in [5, 5.41) is 17.6. The first-order valence-corrected chi connectivity index (χ1v) is 7.82. The fourth-order valence-electron chi connectivity index (χ4n) is 2.63. The molecule has 0 spiro atoms. The van der Waals surface area contributed by atoms with Gasteiger partial charge < -0.3 is 14.2 Å². The maximum absolute atomic E-state index is 9.24. The summed E-state index contributed by atoms with van der Waals surface area (Å²) in [6.07, 6.45) is 0. The highest BCUT2D eigenvalue weighted by atomic mass is 16.4. The number of hydrogen-bond acceptors (Lipinski definition) is 6. The normalized spacial score (nSPS) is 15.6. The predicted octanol–water partition coefficient (Wildman–Crippen LogP) is 2.57. The van der Waals surface area contributed by atoms with Gasteiger partial charge in [-0.15, -0.1) is 5.10 Å². The molecule has 1 aromatic carbocycles. The van der Waals surface area contributed by atoms with Gasteiger partial charge in [0.25, 0.3) is 0 Å². The van der Waals surface area contributed by atoms with E-state index in [1.54, 1.807) is 0 Å². The largest absolute Gasteiger partial charge is 0.407 e. The Morgan fingerprint density at radius 3 is 2.30 bits per heavy atom. The molecule has 0 aliphatic carbocycles. The molecule has 1 aliphatic rings. The van der Waals surface area contributed by atoms with Crippen molar-refractivity contribution in [3.05, 3.63) is 35.7 Å². The van der Waals surface area contributed by atoms with Crippen molar-refractivity contribution in [3.63, 3.8) is 0 Å². The van der Waals surface area contributed by atoms with E-state index < -0.39 is 0 Å². The Labute approximate surface area is 136 Å². The molecule has 23 heavy (non-hydrogen) atoms. The van der Waals surface area contributed by atoms with Crippen LogP contribution in [-0.4, -0.2) is 36.4 Å². The van der Waals surface area contributed by atoms with Crippen LogP contribution in [0.5, 0.6) is 0 Å². The number of piperazine rings is 1. The minimum absolute atomic E-state index is 0.140. The van der Waals surface area contributed by atoms with Gasteiger partial charge in [0.15, 0.2) is 0 Å².